The van der Waals surface area contributed by atoms with Crippen LogP contribution in [0.15, 0.2) is 23.1 Å². The summed E-state index contributed by atoms with van der Waals surface area (Å²) in [6.45, 7) is 4.29. The largest absolute Gasteiger partial charge is 0.496 e. The van der Waals surface area contributed by atoms with Crippen molar-refractivity contribution in [2.24, 2.45) is 5.73 Å². The zero-order valence-electron chi connectivity index (χ0n) is 14.3. The van der Waals surface area contributed by atoms with Crippen LogP contribution in [-0.4, -0.2) is 76.0 Å². The second-order valence-corrected chi connectivity index (χ2v) is 8.25. The average molecular weight is 368 g/mol. The van der Waals surface area contributed by atoms with E-state index < -0.39 is 15.9 Å². The quantitative estimate of drug-likeness (QED) is 0.723. The Bertz CT molecular complexity index is 739. The molecule has 1 aromatic carbocycles. The fraction of sp³-hybridized carbons (Fsp3) is 0.562. The molecule has 2 saturated heterocycles. The van der Waals surface area contributed by atoms with E-state index in [-0.39, 0.29) is 16.2 Å². The first-order valence-electron chi connectivity index (χ1n) is 8.36. The lowest BCUT2D eigenvalue weighted by Crippen LogP contribution is -2.52. The molecular formula is C16H24N4O4S. The second-order valence-electron chi connectivity index (χ2n) is 6.31. The van der Waals surface area contributed by atoms with Crippen molar-refractivity contribution >= 4 is 15.9 Å². The van der Waals surface area contributed by atoms with E-state index in [2.05, 4.69) is 10.2 Å². The molecule has 0 aromatic heterocycles. The highest BCUT2D eigenvalue weighted by Crippen LogP contribution is 2.25. The van der Waals surface area contributed by atoms with Crippen LogP contribution < -0.4 is 15.8 Å². The van der Waals surface area contributed by atoms with Crippen molar-refractivity contribution in [3.63, 3.8) is 0 Å². The molecule has 1 unspecified atom stereocenters. The lowest BCUT2D eigenvalue weighted by molar-refractivity contribution is 0.0997. The van der Waals surface area contributed by atoms with Gasteiger partial charge < -0.3 is 15.8 Å². The lowest BCUT2D eigenvalue weighted by atomic mass is 10.2. The van der Waals surface area contributed by atoms with E-state index in [9.17, 15) is 13.2 Å². The van der Waals surface area contributed by atoms with Gasteiger partial charge in [0.05, 0.1) is 17.6 Å². The van der Waals surface area contributed by atoms with Gasteiger partial charge in [-0.1, -0.05) is 0 Å². The molecule has 2 heterocycles. The molecule has 0 spiro atoms. The van der Waals surface area contributed by atoms with Crippen molar-refractivity contribution in [1.29, 1.82) is 0 Å². The summed E-state index contributed by atoms with van der Waals surface area (Å²) >= 11 is 0. The fourth-order valence-corrected chi connectivity index (χ4v) is 4.90. The van der Waals surface area contributed by atoms with Gasteiger partial charge in [-0.2, -0.15) is 4.31 Å². The summed E-state index contributed by atoms with van der Waals surface area (Å²) in [5.74, 6) is -0.447. The van der Waals surface area contributed by atoms with Crippen LogP contribution >= 0.6 is 0 Å². The molecule has 1 aromatic rings. The minimum atomic E-state index is -3.66. The van der Waals surface area contributed by atoms with Gasteiger partial charge in [-0.05, 0) is 31.2 Å². The van der Waals surface area contributed by atoms with E-state index in [1.165, 1.54) is 29.6 Å². The Morgan fingerprint density at radius 1 is 1.28 bits per heavy atom. The number of amides is 1. The molecule has 2 aliphatic heterocycles. The predicted molar refractivity (Wildman–Crippen MR) is 93.1 cm³/mol. The lowest BCUT2D eigenvalue weighted by Gasteiger charge is -2.37. The van der Waals surface area contributed by atoms with Crippen LogP contribution in [0.3, 0.4) is 0 Å². The molecule has 25 heavy (non-hydrogen) atoms. The molecule has 1 amide bonds. The molecule has 2 fully saturated rings. The highest BCUT2D eigenvalue weighted by molar-refractivity contribution is 7.89. The Kier molecular flexibility index (Phi) is 5.28. The van der Waals surface area contributed by atoms with E-state index in [1.807, 2.05) is 0 Å². The molecule has 3 N–H and O–H groups in total. The van der Waals surface area contributed by atoms with Crippen LogP contribution in [0.25, 0.3) is 0 Å². The summed E-state index contributed by atoms with van der Waals surface area (Å²) in [6, 6.07) is 4.71. The number of nitrogens with two attached hydrogens (primary N) is 1. The maximum absolute atomic E-state index is 12.9. The fourth-order valence-electron chi connectivity index (χ4n) is 3.45. The van der Waals surface area contributed by atoms with Crippen molar-refractivity contribution in [2.45, 2.75) is 17.4 Å². The van der Waals surface area contributed by atoms with Crippen molar-refractivity contribution in [3.05, 3.63) is 23.8 Å². The standard InChI is InChI=1S/C16H24N4O4S/c1-24-15-3-2-13(10-14(15)16(17)21)25(22,23)20-8-6-19(7-9-20)12-4-5-18-11-12/h2-3,10,12,18H,4-9,11H2,1H3,(H2,17,21). The smallest absolute Gasteiger partial charge is 0.252 e. The Morgan fingerprint density at radius 3 is 2.56 bits per heavy atom. The molecule has 138 valence electrons. The van der Waals surface area contributed by atoms with Crippen molar-refractivity contribution in [3.8, 4) is 5.75 Å². The van der Waals surface area contributed by atoms with Gasteiger partial charge in [0.15, 0.2) is 0 Å². The molecule has 8 nitrogen and oxygen atoms in total. The molecular weight excluding hydrogens is 344 g/mol. The number of carbonyl (C=O) groups excluding carboxylic acids is 1. The first-order valence-corrected chi connectivity index (χ1v) is 9.80. The van der Waals surface area contributed by atoms with Crippen molar-refractivity contribution < 1.29 is 17.9 Å². The Morgan fingerprint density at radius 2 is 2.00 bits per heavy atom. The summed E-state index contributed by atoms with van der Waals surface area (Å²) in [5.41, 5.74) is 5.40. The third kappa shape index (κ3) is 3.64. The van der Waals surface area contributed by atoms with Gasteiger partial charge in [0, 0.05) is 38.8 Å². The topological polar surface area (TPSA) is 105 Å². The average Bonchev–Trinajstić information content (AvgIpc) is 3.15. The van der Waals surface area contributed by atoms with Crippen molar-refractivity contribution in [2.75, 3.05) is 46.4 Å². The minimum Gasteiger partial charge on any atom is -0.496 e. The number of nitrogens with zero attached hydrogens (tertiary/aromatic N) is 2. The van der Waals surface area contributed by atoms with Crippen LogP contribution in [0.4, 0.5) is 0 Å². The van der Waals surface area contributed by atoms with E-state index in [1.54, 1.807) is 0 Å². The van der Waals surface area contributed by atoms with E-state index in [4.69, 9.17) is 10.5 Å². The number of hydrogen-bond donors (Lipinski definition) is 2. The SMILES string of the molecule is COc1ccc(S(=O)(=O)N2CCN(C3CCNC3)CC2)cc1C(N)=O. The van der Waals surface area contributed by atoms with Gasteiger partial charge in [0.1, 0.15) is 5.75 Å². The van der Waals surface area contributed by atoms with Crippen LogP contribution in [0.5, 0.6) is 5.75 Å². The van der Waals surface area contributed by atoms with Crippen LogP contribution in [0.1, 0.15) is 16.8 Å². The number of rotatable bonds is 5. The molecule has 9 heteroatoms. The van der Waals surface area contributed by atoms with Gasteiger partial charge in [-0.15, -0.1) is 0 Å². The number of piperazine rings is 1. The number of nitrogens with one attached hydrogen (secondary N) is 1. The van der Waals surface area contributed by atoms with Gasteiger partial charge in [-0.25, -0.2) is 8.42 Å². The van der Waals surface area contributed by atoms with Crippen LogP contribution in [0, 0.1) is 0 Å². The zero-order valence-corrected chi connectivity index (χ0v) is 15.1. The first-order chi connectivity index (χ1) is 11.9. The molecule has 0 saturated carbocycles. The normalized spacial score (nSPS) is 22.8. The number of benzene rings is 1. The zero-order chi connectivity index (χ0) is 18.0. The van der Waals surface area contributed by atoms with Gasteiger partial charge in [-0.3, -0.25) is 9.69 Å². The van der Waals surface area contributed by atoms with E-state index >= 15 is 0 Å². The maximum Gasteiger partial charge on any atom is 0.252 e. The second kappa shape index (κ2) is 7.28. The summed E-state index contributed by atoms with van der Waals surface area (Å²) in [5, 5.41) is 3.34. The Balaban J connectivity index is 1.76. The number of ether oxygens (including phenoxy) is 1. The highest BCUT2D eigenvalue weighted by atomic mass is 32.2. The number of methoxy groups -OCH3 is 1. The number of primary amides is 1. The van der Waals surface area contributed by atoms with Gasteiger partial charge in [0.2, 0.25) is 10.0 Å². The Hall–Kier alpha value is -1.68. The Labute approximate surface area is 148 Å². The van der Waals surface area contributed by atoms with Crippen LogP contribution in [0.2, 0.25) is 0 Å². The van der Waals surface area contributed by atoms with Gasteiger partial charge in [0.25, 0.3) is 5.91 Å². The van der Waals surface area contributed by atoms with E-state index in [0.29, 0.717) is 32.2 Å². The minimum absolute atomic E-state index is 0.0677. The number of carbonyl (C=O) groups is 1. The summed E-state index contributed by atoms with van der Waals surface area (Å²) < 4.78 is 32.3. The number of hydrogen-bond acceptors (Lipinski definition) is 6. The third-order valence-corrected chi connectivity index (χ3v) is 6.79. The monoisotopic (exact) mass is 368 g/mol. The molecule has 3 rings (SSSR count). The summed E-state index contributed by atoms with van der Waals surface area (Å²) in [7, 11) is -2.25. The molecule has 1 atom stereocenters. The third-order valence-electron chi connectivity index (χ3n) is 4.90. The number of sulfonamides is 1. The maximum atomic E-state index is 12.9. The molecule has 0 aliphatic carbocycles. The van der Waals surface area contributed by atoms with Crippen LogP contribution in [-0.2, 0) is 10.0 Å². The summed E-state index contributed by atoms with van der Waals surface area (Å²) in [6.07, 6.45) is 1.10. The molecule has 0 radical (unpaired) electrons. The predicted octanol–water partition coefficient (Wildman–Crippen LogP) is -0.538. The molecule has 0 bridgehead atoms. The van der Waals surface area contributed by atoms with E-state index in [0.717, 1.165) is 19.5 Å². The van der Waals surface area contributed by atoms with Gasteiger partial charge >= 0.3 is 0 Å². The highest BCUT2D eigenvalue weighted by Gasteiger charge is 2.32. The molecule has 2 aliphatic rings. The van der Waals surface area contributed by atoms with Crippen molar-refractivity contribution in [1.82, 2.24) is 14.5 Å². The first kappa shape index (κ1) is 18.1. The summed E-state index contributed by atoms with van der Waals surface area (Å²) in [4.78, 5) is 14.0.